The number of H-pyrrole nitrogens is 1. The van der Waals surface area contributed by atoms with Gasteiger partial charge in [0.25, 0.3) is 11.5 Å². The predicted molar refractivity (Wildman–Crippen MR) is 103 cm³/mol. The lowest BCUT2D eigenvalue weighted by Gasteiger charge is -2.34. The molecule has 0 radical (unpaired) electrons. The highest BCUT2D eigenvalue weighted by atomic mass is 16.2. The first kappa shape index (κ1) is 18.1. The molecule has 9 nitrogen and oxygen atoms in total. The van der Waals surface area contributed by atoms with Gasteiger partial charge in [-0.05, 0) is 24.3 Å². The van der Waals surface area contributed by atoms with Crippen molar-refractivity contribution >= 4 is 5.91 Å². The van der Waals surface area contributed by atoms with Gasteiger partial charge in [-0.15, -0.1) is 0 Å². The van der Waals surface area contributed by atoms with E-state index in [1.807, 2.05) is 17.0 Å². The number of hydrogen-bond acceptors (Lipinski definition) is 6. The first-order chi connectivity index (χ1) is 13.7. The number of amides is 1. The molecule has 4 rings (SSSR count). The molecule has 1 aliphatic rings. The summed E-state index contributed by atoms with van der Waals surface area (Å²) >= 11 is 0. The molecule has 1 saturated heterocycles. The molecule has 28 heavy (non-hydrogen) atoms. The molecule has 3 aromatic heterocycles. The maximum atomic E-state index is 12.3. The Morgan fingerprint density at radius 1 is 1.04 bits per heavy atom. The van der Waals surface area contributed by atoms with Gasteiger partial charge in [-0.25, -0.2) is 4.68 Å². The Kier molecular flexibility index (Phi) is 5.24. The largest absolute Gasteiger partial charge is 0.335 e. The van der Waals surface area contributed by atoms with Crippen LogP contribution in [0.15, 0.2) is 53.7 Å². The Morgan fingerprint density at radius 2 is 1.89 bits per heavy atom. The van der Waals surface area contributed by atoms with Crippen LogP contribution in [-0.4, -0.2) is 73.4 Å². The van der Waals surface area contributed by atoms with E-state index in [2.05, 4.69) is 25.2 Å². The second kappa shape index (κ2) is 8.13. The summed E-state index contributed by atoms with van der Waals surface area (Å²) < 4.78 is 1.49. The normalized spacial score (nSPS) is 14.9. The number of pyridine rings is 1. The van der Waals surface area contributed by atoms with Crippen LogP contribution in [0.2, 0.25) is 0 Å². The number of nitrogens with one attached hydrogen (secondary N) is 1. The Hall–Kier alpha value is -3.33. The third-order valence-electron chi connectivity index (χ3n) is 4.84. The van der Waals surface area contributed by atoms with E-state index in [0.717, 1.165) is 24.3 Å². The van der Waals surface area contributed by atoms with E-state index in [1.54, 1.807) is 30.7 Å². The Labute approximate surface area is 161 Å². The number of piperazine rings is 1. The number of nitrogens with zero attached hydrogens (tertiary/aromatic N) is 6. The molecule has 1 N–H and O–H groups in total. The average molecular weight is 379 g/mol. The zero-order chi connectivity index (χ0) is 19.3. The SMILES string of the molecule is O=C(c1ccn[nH]1)N1CCN(CCn2nc(-c3cccnc3)ccc2=O)CC1. The summed E-state index contributed by atoms with van der Waals surface area (Å²) in [6.07, 6.45) is 5.01. The molecule has 1 aliphatic heterocycles. The van der Waals surface area contributed by atoms with Crippen LogP contribution in [0.5, 0.6) is 0 Å². The molecule has 1 fully saturated rings. The number of hydrogen-bond donors (Lipinski definition) is 1. The summed E-state index contributed by atoms with van der Waals surface area (Å²) in [5.41, 5.74) is 1.99. The zero-order valence-corrected chi connectivity index (χ0v) is 15.4. The van der Waals surface area contributed by atoms with Gasteiger partial charge in [-0.3, -0.25) is 24.6 Å². The quantitative estimate of drug-likeness (QED) is 0.692. The highest BCUT2D eigenvalue weighted by Gasteiger charge is 2.22. The van der Waals surface area contributed by atoms with Crippen LogP contribution in [0.3, 0.4) is 0 Å². The summed E-state index contributed by atoms with van der Waals surface area (Å²) in [7, 11) is 0. The highest BCUT2D eigenvalue weighted by Crippen LogP contribution is 2.13. The second-order valence-electron chi connectivity index (χ2n) is 6.63. The maximum Gasteiger partial charge on any atom is 0.271 e. The van der Waals surface area contributed by atoms with Gasteiger partial charge in [0.2, 0.25) is 0 Å². The van der Waals surface area contributed by atoms with Crippen molar-refractivity contribution in [2.24, 2.45) is 0 Å². The van der Waals surface area contributed by atoms with Crippen LogP contribution in [-0.2, 0) is 6.54 Å². The Morgan fingerprint density at radius 3 is 2.61 bits per heavy atom. The van der Waals surface area contributed by atoms with Crippen LogP contribution in [0, 0.1) is 0 Å². The topological polar surface area (TPSA) is 100 Å². The molecule has 0 bridgehead atoms. The van der Waals surface area contributed by atoms with Crippen LogP contribution >= 0.6 is 0 Å². The smallest absolute Gasteiger partial charge is 0.271 e. The summed E-state index contributed by atoms with van der Waals surface area (Å²) in [6, 6.07) is 8.70. The molecule has 3 aromatic rings. The third kappa shape index (κ3) is 3.99. The van der Waals surface area contributed by atoms with Gasteiger partial charge in [0, 0.05) is 62.9 Å². The van der Waals surface area contributed by atoms with Gasteiger partial charge in [0.15, 0.2) is 0 Å². The van der Waals surface area contributed by atoms with Crippen molar-refractivity contribution in [1.82, 2.24) is 34.8 Å². The second-order valence-corrected chi connectivity index (χ2v) is 6.63. The van der Waals surface area contributed by atoms with Crippen LogP contribution in [0.25, 0.3) is 11.3 Å². The van der Waals surface area contributed by atoms with E-state index in [1.165, 1.54) is 10.7 Å². The molecular formula is C19H21N7O2. The monoisotopic (exact) mass is 379 g/mol. The number of aromatic amines is 1. The number of aromatic nitrogens is 5. The van der Waals surface area contributed by atoms with Crippen LogP contribution < -0.4 is 5.56 Å². The van der Waals surface area contributed by atoms with Crippen LogP contribution in [0.4, 0.5) is 0 Å². The fourth-order valence-electron chi connectivity index (χ4n) is 3.23. The average Bonchev–Trinajstić information content (AvgIpc) is 3.29. The van der Waals surface area contributed by atoms with Crippen molar-refractivity contribution < 1.29 is 4.79 Å². The molecule has 0 saturated carbocycles. The first-order valence-corrected chi connectivity index (χ1v) is 9.20. The zero-order valence-electron chi connectivity index (χ0n) is 15.4. The van der Waals surface area contributed by atoms with E-state index in [4.69, 9.17) is 0 Å². The number of rotatable bonds is 5. The highest BCUT2D eigenvalue weighted by molar-refractivity contribution is 5.92. The molecule has 1 amide bonds. The van der Waals surface area contributed by atoms with Crippen molar-refractivity contribution in [3.63, 3.8) is 0 Å². The minimum Gasteiger partial charge on any atom is -0.335 e. The van der Waals surface area contributed by atoms with Crippen molar-refractivity contribution in [3.8, 4) is 11.3 Å². The van der Waals surface area contributed by atoms with Gasteiger partial charge < -0.3 is 4.90 Å². The van der Waals surface area contributed by atoms with Gasteiger partial charge in [-0.1, -0.05) is 0 Å². The Balaban J connectivity index is 1.34. The van der Waals surface area contributed by atoms with Crippen molar-refractivity contribution in [2.75, 3.05) is 32.7 Å². The van der Waals surface area contributed by atoms with Gasteiger partial charge >= 0.3 is 0 Å². The minimum atomic E-state index is -0.124. The van der Waals surface area contributed by atoms with Crippen LogP contribution in [0.1, 0.15) is 10.5 Å². The molecule has 0 aromatic carbocycles. The molecule has 0 unspecified atom stereocenters. The van der Waals surface area contributed by atoms with Gasteiger partial charge in [0.1, 0.15) is 5.69 Å². The van der Waals surface area contributed by atoms with Gasteiger partial charge in [0.05, 0.1) is 12.2 Å². The molecular weight excluding hydrogens is 358 g/mol. The molecule has 0 atom stereocenters. The molecule has 4 heterocycles. The molecule has 0 aliphatic carbocycles. The lowest BCUT2D eigenvalue weighted by Crippen LogP contribution is -2.49. The van der Waals surface area contributed by atoms with Crippen molar-refractivity contribution in [2.45, 2.75) is 6.54 Å². The Bertz CT molecular complexity index is 977. The van der Waals surface area contributed by atoms with E-state index >= 15 is 0 Å². The first-order valence-electron chi connectivity index (χ1n) is 9.20. The summed E-state index contributed by atoms with van der Waals surface area (Å²) in [4.78, 5) is 32.6. The lowest BCUT2D eigenvalue weighted by atomic mass is 10.2. The summed E-state index contributed by atoms with van der Waals surface area (Å²) in [5.74, 6) is -0.0285. The van der Waals surface area contributed by atoms with E-state index < -0.39 is 0 Å². The number of carbonyl (C=O) groups excluding carboxylic acids is 1. The number of carbonyl (C=O) groups is 1. The fourth-order valence-corrected chi connectivity index (χ4v) is 3.23. The van der Waals surface area contributed by atoms with E-state index in [-0.39, 0.29) is 11.5 Å². The minimum absolute atomic E-state index is 0.0285. The fraction of sp³-hybridized carbons (Fsp3) is 0.316. The standard InChI is InChI=1S/C19H21N7O2/c27-18-4-3-16(15-2-1-6-20-14-15)23-26(18)13-10-24-8-11-25(12-9-24)19(28)17-5-7-21-22-17/h1-7,14H,8-13H2,(H,21,22). The summed E-state index contributed by atoms with van der Waals surface area (Å²) in [6.45, 7) is 4.02. The third-order valence-corrected chi connectivity index (χ3v) is 4.84. The molecule has 0 spiro atoms. The lowest BCUT2D eigenvalue weighted by molar-refractivity contribution is 0.0625. The van der Waals surface area contributed by atoms with E-state index in [0.29, 0.717) is 31.9 Å². The van der Waals surface area contributed by atoms with E-state index in [9.17, 15) is 9.59 Å². The van der Waals surface area contributed by atoms with Crippen molar-refractivity contribution in [1.29, 1.82) is 0 Å². The molecule has 9 heteroatoms. The maximum absolute atomic E-state index is 12.3. The summed E-state index contributed by atoms with van der Waals surface area (Å²) in [5, 5.41) is 11.0. The predicted octanol–water partition coefficient (Wildman–Crippen LogP) is 0.486. The van der Waals surface area contributed by atoms with Gasteiger partial charge in [-0.2, -0.15) is 10.2 Å². The van der Waals surface area contributed by atoms with Crippen molar-refractivity contribution in [3.05, 3.63) is 65.0 Å². The molecule has 144 valence electrons.